The fraction of sp³-hybridized carbons (Fsp3) is 0.393. The summed E-state index contributed by atoms with van der Waals surface area (Å²) in [5.74, 6) is -3.21. The van der Waals surface area contributed by atoms with E-state index >= 15 is 0 Å². The van der Waals surface area contributed by atoms with Crippen LogP contribution in [0, 0.1) is 0 Å². The Morgan fingerprint density at radius 3 is 2.30 bits per heavy atom. The van der Waals surface area contributed by atoms with Crippen LogP contribution >= 0.6 is 0 Å². The fourth-order valence-corrected chi connectivity index (χ4v) is 6.54. The first-order valence-corrected chi connectivity index (χ1v) is 13.0. The van der Waals surface area contributed by atoms with Gasteiger partial charge in [0, 0.05) is 25.3 Å². The highest BCUT2D eigenvalue weighted by Crippen LogP contribution is 2.44. The molecule has 12 heteroatoms. The molecule has 6 rings (SSSR count). The fourth-order valence-electron chi connectivity index (χ4n) is 6.54. The van der Waals surface area contributed by atoms with Gasteiger partial charge < -0.3 is 35.4 Å². The number of piperazine rings is 1. The Kier molecular flexibility index (Phi) is 6.02. The van der Waals surface area contributed by atoms with Crippen LogP contribution in [0.4, 0.5) is 4.79 Å². The highest BCUT2D eigenvalue weighted by molar-refractivity contribution is 6.03. The SMILES string of the molecule is COC(=O)[C@]1(NC(=O)OCC2c3ccccc3-c3ccccc32)CC2C(=O)N[C@@]3(CN[C@H](C(=O)O)C3)C(=O)N2C1. The number of ether oxygens (including phenoxy) is 2. The Bertz CT molecular complexity index is 1400. The smallest absolute Gasteiger partial charge is 0.408 e. The maximum Gasteiger partial charge on any atom is 0.408 e. The molecule has 208 valence electrons. The number of aliphatic carboxylic acids is 1. The molecule has 1 unspecified atom stereocenters. The average Bonchev–Trinajstić information content (AvgIpc) is 3.64. The number of fused-ring (bicyclic) bond motifs is 4. The Labute approximate surface area is 229 Å². The summed E-state index contributed by atoms with van der Waals surface area (Å²) in [7, 11) is 1.16. The number of carbonyl (C=O) groups is 5. The van der Waals surface area contributed by atoms with Crippen molar-refractivity contribution in [1.29, 1.82) is 0 Å². The Morgan fingerprint density at radius 1 is 1.05 bits per heavy atom. The predicted octanol–water partition coefficient (Wildman–Crippen LogP) is 0.353. The highest BCUT2D eigenvalue weighted by Gasteiger charge is 2.63. The molecule has 4 atom stereocenters. The molecule has 12 nitrogen and oxygen atoms in total. The lowest BCUT2D eigenvalue weighted by atomic mass is 9.90. The van der Waals surface area contributed by atoms with E-state index in [2.05, 4.69) is 16.0 Å². The average molecular weight is 549 g/mol. The van der Waals surface area contributed by atoms with Crippen molar-refractivity contribution in [3.8, 4) is 11.1 Å². The zero-order valence-corrected chi connectivity index (χ0v) is 21.6. The third kappa shape index (κ3) is 3.89. The molecule has 40 heavy (non-hydrogen) atoms. The van der Waals surface area contributed by atoms with Crippen LogP contribution in [0.5, 0.6) is 0 Å². The van der Waals surface area contributed by atoms with Crippen LogP contribution in [-0.2, 0) is 28.7 Å². The molecule has 4 N–H and O–H groups in total. The number of carboxylic acids is 1. The number of benzene rings is 2. The van der Waals surface area contributed by atoms with E-state index in [-0.39, 0.29) is 38.5 Å². The molecule has 4 aliphatic rings. The van der Waals surface area contributed by atoms with Crippen molar-refractivity contribution in [3.05, 3.63) is 59.7 Å². The molecular weight excluding hydrogens is 520 g/mol. The zero-order valence-electron chi connectivity index (χ0n) is 21.6. The monoisotopic (exact) mass is 548 g/mol. The molecule has 0 saturated carbocycles. The lowest BCUT2D eigenvalue weighted by molar-refractivity contribution is -0.152. The van der Waals surface area contributed by atoms with E-state index in [1.54, 1.807) is 0 Å². The second kappa shape index (κ2) is 9.33. The number of carboxylic acid groups (broad SMARTS) is 1. The summed E-state index contributed by atoms with van der Waals surface area (Å²) in [5, 5.41) is 17.4. The van der Waals surface area contributed by atoms with Crippen molar-refractivity contribution in [3.63, 3.8) is 0 Å². The van der Waals surface area contributed by atoms with Gasteiger partial charge in [-0.25, -0.2) is 9.59 Å². The summed E-state index contributed by atoms with van der Waals surface area (Å²) in [6.07, 6.45) is -1.24. The Balaban J connectivity index is 1.20. The van der Waals surface area contributed by atoms with E-state index in [1.807, 2.05) is 48.5 Å². The van der Waals surface area contributed by atoms with Crippen LogP contribution in [0.1, 0.15) is 29.9 Å². The van der Waals surface area contributed by atoms with Gasteiger partial charge in [0.2, 0.25) is 5.91 Å². The maximum absolute atomic E-state index is 13.5. The standard InChI is InChI=1S/C28H28N4O8/c1-39-25(37)28(11-21-22(33)30-27(24(36)32(21)14-28)10-20(23(34)35)29-13-27)31-26(38)40-12-19-17-8-4-2-6-15(17)16-7-3-5-9-18(16)19/h2-9,19-21,29H,10-14H2,1H3,(H,30,33)(H,31,38)(H,34,35)/t20-,21?,27-,28-/m0/s1. The molecule has 3 fully saturated rings. The van der Waals surface area contributed by atoms with Gasteiger partial charge in [-0.3, -0.25) is 14.4 Å². The van der Waals surface area contributed by atoms with Crippen LogP contribution < -0.4 is 16.0 Å². The minimum atomic E-state index is -1.72. The molecule has 2 aromatic carbocycles. The van der Waals surface area contributed by atoms with Gasteiger partial charge in [0.05, 0.1) is 13.7 Å². The van der Waals surface area contributed by atoms with E-state index in [9.17, 15) is 29.1 Å². The number of amides is 3. The van der Waals surface area contributed by atoms with Crippen molar-refractivity contribution in [2.45, 2.75) is 41.9 Å². The number of hydrogen-bond acceptors (Lipinski definition) is 8. The van der Waals surface area contributed by atoms with Crippen LogP contribution in [-0.4, -0.2) is 89.8 Å². The third-order valence-corrected chi connectivity index (χ3v) is 8.46. The van der Waals surface area contributed by atoms with Crippen molar-refractivity contribution in [2.24, 2.45) is 0 Å². The summed E-state index contributed by atoms with van der Waals surface area (Å²) in [6, 6.07) is 13.7. The molecule has 1 spiro atoms. The molecule has 2 aromatic rings. The summed E-state index contributed by atoms with van der Waals surface area (Å²) in [5.41, 5.74) is 1.00. The largest absolute Gasteiger partial charge is 0.480 e. The molecule has 3 aliphatic heterocycles. The van der Waals surface area contributed by atoms with Crippen LogP contribution in [0.15, 0.2) is 48.5 Å². The van der Waals surface area contributed by atoms with Gasteiger partial charge in [-0.05, 0) is 22.3 Å². The summed E-state index contributed by atoms with van der Waals surface area (Å²) < 4.78 is 10.6. The number of carbonyl (C=O) groups excluding carboxylic acids is 4. The minimum Gasteiger partial charge on any atom is -0.480 e. The number of rotatable bonds is 5. The number of hydrogen-bond donors (Lipinski definition) is 4. The topological polar surface area (TPSA) is 163 Å². The quantitative estimate of drug-likeness (QED) is 0.386. The molecule has 0 radical (unpaired) electrons. The van der Waals surface area contributed by atoms with Gasteiger partial charge >= 0.3 is 18.0 Å². The predicted molar refractivity (Wildman–Crippen MR) is 138 cm³/mol. The molecule has 1 aliphatic carbocycles. The first kappa shape index (κ1) is 25.8. The Hall–Kier alpha value is -4.45. The second-order valence-electron chi connectivity index (χ2n) is 10.7. The van der Waals surface area contributed by atoms with Gasteiger partial charge in [-0.1, -0.05) is 48.5 Å². The van der Waals surface area contributed by atoms with Gasteiger partial charge in [-0.15, -0.1) is 0 Å². The first-order valence-electron chi connectivity index (χ1n) is 13.0. The molecular formula is C28H28N4O8. The van der Waals surface area contributed by atoms with E-state index in [1.165, 1.54) is 4.90 Å². The van der Waals surface area contributed by atoms with E-state index in [0.29, 0.717) is 0 Å². The number of nitrogens with one attached hydrogen (secondary N) is 3. The highest BCUT2D eigenvalue weighted by atomic mass is 16.6. The molecule has 3 saturated heterocycles. The summed E-state index contributed by atoms with van der Waals surface area (Å²) in [4.78, 5) is 65.5. The molecule has 0 aromatic heterocycles. The summed E-state index contributed by atoms with van der Waals surface area (Å²) in [6.45, 7) is -0.377. The minimum absolute atomic E-state index is 0.00896. The van der Waals surface area contributed by atoms with Crippen molar-refractivity contribution < 1.29 is 38.6 Å². The molecule has 3 heterocycles. The maximum atomic E-state index is 13.5. The lowest BCUT2D eigenvalue weighted by Crippen LogP contribution is -2.69. The number of esters is 1. The molecule has 3 amide bonds. The number of alkyl carbamates (subject to hydrolysis) is 1. The van der Waals surface area contributed by atoms with E-state index < -0.39 is 53.0 Å². The van der Waals surface area contributed by atoms with Gasteiger partial charge in [0.15, 0.2) is 5.54 Å². The Morgan fingerprint density at radius 2 is 1.70 bits per heavy atom. The van der Waals surface area contributed by atoms with Crippen molar-refractivity contribution in [2.75, 3.05) is 26.8 Å². The zero-order chi connectivity index (χ0) is 28.2. The third-order valence-electron chi connectivity index (χ3n) is 8.46. The first-order chi connectivity index (χ1) is 19.2. The lowest BCUT2D eigenvalue weighted by Gasteiger charge is -2.40. The summed E-state index contributed by atoms with van der Waals surface area (Å²) >= 11 is 0. The normalized spacial score (nSPS) is 28.5. The van der Waals surface area contributed by atoms with Crippen molar-refractivity contribution >= 4 is 29.8 Å². The van der Waals surface area contributed by atoms with Gasteiger partial charge in [-0.2, -0.15) is 0 Å². The van der Waals surface area contributed by atoms with Crippen LogP contribution in [0.3, 0.4) is 0 Å². The molecule has 0 bridgehead atoms. The van der Waals surface area contributed by atoms with E-state index in [0.717, 1.165) is 29.4 Å². The number of nitrogens with zero attached hydrogens (tertiary/aromatic N) is 1. The van der Waals surface area contributed by atoms with Crippen molar-refractivity contribution in [1.82, 2.24) is 20.9 Å². The second-order valence-corrected chi connectivity index (χ2v) is 10.7. The van der Waals surface area contributed by atoms with Gasteiger partial charge in [0.1, 0.15) is 24.2 Å². The van der Waals surface area contributed by atoms with Gasteiger partial charge in [0.25, 0.3) is 5.91 Å². The van der Waals surface area contributed by atoms with Crippen LogP contribution in [0.25, 0.3) is 11.1 Å². The van der Waals surface area contributed by atoms with E-state index in [4.69, 9.17) is 9.47 Å². The number of methoxy groups -OCH3 is 1. The van der Waals surface area contributed by atoms with Crippen LogP contribution in [0.2, 0.25) is 0 Å².